The van der Waals surface area contributed by atoms with Gasteiger partial charge in [0.15, 0.2) is 0 Å². The van der Waals surface area contributed by atoms with Crippen LogP contribution in [0.25, 0.3) is 0 Å². The lowest BCUT2D eigenvalue weighted by Crippen LogP contribution is -2.15. The Labute approximate surface area is 130 Å². The number of rotatable bonds is 4. The van der Waals surface area contributed by atoms with E-state index in [0.29, 0.717) is 11.8 Å². The van der Waals surface area contributed by atoms with Crippen LogP contribution >= 0.6 is 0 Å². The molecule has 2 aromatic rings. The lowest BCUT2D eigenvalue weighted by atomic mass is 10.1. The molecule has 0 unspecified atom stereocenters. The molecule has 0 atom stereocenters. The van der Waals surface area contributed by atoms with Gasteiger partial charge < -0.3 is 14.8 Å². The number of nitrogens with one attached hydrogen (secondary N) is 1. The van der Waals surface area contributed by atoms with Gasteiger partial charge in [0.25, 0.3) is 5.91 Å². The molecule has 120 valence electrons. The molecule has 2 aromatic carbocycles. The summed E-state index contributed by atoms with van der Waals surface area (Å²) in [6.07, 6.45) is 0. The van der Waals surface area contributed by atoms with Gasteiger partial charge in [0, 0.05) is 11.6 Å². The van der Waals surface area contributed by atoms with E-state index in [1.54, 1.807) is 12.1 Å². The zero-order valence-electron chi connectivity index (χ0n) is 12.4. The van der Waals surface area contributed by atoms with Crippen molar-refractivity contribution in [1.29, 1.82) is 0 Å². The third-order valence-corrected chi connectivity index (χ3v) is 3.04. The maximum Gasteiger partial charge on any atom is 0.340 e. The van der Waals surface area contributed by atoms with E-state index in [1.165, 1.54) is 19.2 Å². The molecule has 0 aliphatic rings. The van der Waals surface area contributed by atoms with E-state index in [1.807, 2.05) is 0 Å². The van der Waals surface area contributed by atoms with Crippen molar-refractivity contribution in [3.05, 3.63) is 59.2 Å². The van der Waals surface area contributed by atoms with Gasteiger partial charge in [0.1, 0.15) is 17.4 Å². The van der Waals surface area contributed by atoms with E-state index in [2.05, 4.69) is 10.1 Å². The van der Waals surface area contributed by atoms with Gasteiger partial charge in [-0.2, -0.15) is 0 Å². The first-order valence-corrected chi connectivity index (χ1v) is 6.49. The van der Waals surface area contributed by atoms with Gasteiger partial charge in [0.2, 0.25) is 0 Å². The Balaban J connectivity index is 2.31. The van der Waals surface area contributed by atoms with Gasteiger partial charge in [-0.3, -0.25) is 4.79 Å². The number of carbonyl (C=O) groups is 2. The molecular weight excluding hydrogens is 308 g/mol. The van der Waals surface area contributed by atoms with Crippen molar-refractivity contribution in [1.82, 2.24) is 0 Å². The smallest absolute Gasteiger partial charge is 0.340 e. The Bertz CT molecular complexity index is 762. The zero-order valence-corrected chi connectivity index (χ0v) is 12.4. The second kappa shape index (κ2) is 6.87. The SMILES string of the molecule is COC(=O)c1cc(NC(=O)c2cccc(OC)c2)c(F)cc1F. The predicted molar refractivity (Wildman–Crippen MR) is 78.6 cm³/mol. The molecule has 1 amide bonds. The van der Waals surface area contributed by atoms with Crippen LogP contribution in [-0.4, -0.2) is 26.1 Å². The second-order valence-corrected chi connectivity index (χ2v) is 4.49. The van der Waals surface area contributed by atoms with Crippen molar-refractivity contribution in [2.24, 2.45) is 0 Å². The number of anilines is 1. The first-order valence-electron chi connectivity index (χ1n) is 6.49. The van der Waals surface area contributed by atoms with Gasteiger partial charge in [-0.15, -0.1) is 0 Å². The third kappa shape index (κ3) is 3.63. The Morgan fingerprint density at radius 2 is 1.78 bits per heavy atom. The van der Waals surface area contributed by atoms with E-state index in [4.69, 9.17) is 4.74 Å². The van der Waals surface area contributed by atoms with Crippen LogP contribution in [0.4, 0.5) is 14.5 Å². The number of hydrogen-bond acceptors (Lipinski definition) is 4. The van der Waals surface area contributed by atoms with Crippen molar-refractivity contribution in [2.45, 2.75) is 0 Å². The van der Waals surface area contributed by atoms with Gasteiger partial charge in [0.05, 0.1) is 25.5 Å². The minimum atomic E-state index is -1.08. The average Bonchev–Trinajstić information content (AvgIpc) is 2.56. The zero-order chi connectivity index (χ0) is 17.0. The molecule has 7 heteroatoms. The van der Waals surface area contributed by atoms with Gasteiger partial charge in [-0.05, 0) is 24.3 Å². The number of halogens is 2. The second-order valence-electron chi connectivity index (χ2n) is 4.49. The van der Waals surface area contributed by atoms with E-state index in [9.17, 15) is 18.4 Å². The summed E-state index contributed by atoms with van der Waals surface area (Å²) in [5, 5.41) is 2.28. The quantitative estimate of drug-likeness (QED) is 0.879. The molecule has 23 heavy (non-hydrogen) atoms. The minimum absolute atomic E-state index is 0.215. The van der Waals surface area contributed by atoms with Crippen LogP contribution in [0.5, 0.6) is 5.75 Å². The average molecular weight is 321 g/mol. The largest absolute Gasteiger partial charge is 0.497 e. The van der Waals surface area contributed by atoms with Crippen LogP contribution < -0.4 is 10.1 Å². The van der Waals surface area contributed by atoms with Crippen LogP contribution in [0.3, 0.4) is 0 Å². The number of ether oxygens (including phenoxy) is 2. The normalized spacial score (nSPS) is 10.1. The summed E-state index contributed by atoms with van der Waals surface area (Å²) in [6.45, 7) is 0. The van der Waals surface area contributed by atoms with Crippen LogP contribution in [0.1, 0.15) is 20.7 Å². The van der Waals surface area contributed by atoms with Gasteiger partial charge in [-0.1, -0.05) is 6.07 Å². The maximum absolute atomic E-state index is 13.8. The van der Waals surface area contributed by atoms with E-state index >= 15 is 0 Å². The number of hydrogen-bond donors (Lipinski definition) is 1. The third-order valence-electron chi connectivity index (χ3n) is 3.04. The minimum Gasteiger partial charge on any atom is -0.497 e. The standard InChI is InChI=1S/C16H13F2NO4/c1-22-10-5-3-4-9(6-10)15(20)19-14-7-11(16(21)23-2)12(17)8-13(14)18/h3-8H,1-2H3,(H,19,20). The Hall–Kier alpha value is -2.96. The summed E-state index contributed by atoms with van der Waals surface area (Å²) >= 11 is 0. The summed E-state index contributed by atoms with van der Waals surface area (Å²) < 4.78 is 36.7. The summed E-state index contributed by atoms with van der Waals surface area (Å²) in [4.78, 5) is 23.5. The molecule has 0 aromatic heterocycles. The fourth-order valence-electron chi connectivity index (χ4n) is 1.87. The Morgan fingerprint density at radius 3 is 2.43 bits per heavy atom. The number of methoxy groups -OCH3 is 2. The molecular formula is C16H13F2NO4. The topological polar surface area (TPSA) is 64.6 Å². The molecule has 0 saturated carbocycles. The summed E-state index contributed by atoms with van der Waals surface area (Å²) in [7, 11) is 2.51. The van der Waals surface area contributed by atoms with Gasteiger partial charge in [-0.25, -0.2) is 13.6 Å². The van der Waals surface area contributed by atoms with Crippen molar-refractivity contribution in [3.8, 4) is 5.75 Å². The molecule has 2 rings (SSSR count). The maximum atomic E-state index is 13.8. The highest BCUT2D eigenvalue weighted by atomic mass is 19.1. The van der Waals surface area contributed by atoms with E-state index < -0.39 is 29.1 Å². The first-order chi connectivity index (χ1) is 11.0. The first kappa shape index (κ1) is 16.4. The van der Waals surface area contributed by atoms with Gasteiger partial charge >= 0.3 is 5.97 Å². The number of amides is 1. The fourth-order valence-corrected chi connectivity index (χ4v) is 1.87. The molecule has 0 aliphatic heterocycles. The monoisotopic (exact) mass is 321 g/mol. The summed E-state index contributed by atoms with van der Waals surface area (Å²) in [5.41, 5.74) is -0.595. The van der Waals surface area contributed by atoms with Crippen molar-refractivity contribution in [3.63, 3.8) is 0 Å². The molecule has 0 fully saturated rings. The molecule has 0 radical (unpaired) electrons. The van der Waals surface area contributed by atoms with Crippen LogP contribution in [0, 0.1) is 11.6 Å². The number of carbonyl (C=O) groups excluding carboxylic acids is 2. The Morgan fingerprint density at radius 1 is 1.04 bits per heavy atom. The van der Waals surface area contributed by atoms with E-state index in [-0.39, 0.29) is 11.3 Å². The van der Waals surface area contributed by atoms with Crippen molar-refractivity contribution < 1.29 is 27.8 Å². The summed E-state index contributed by atoms with van der Waals surface area (Å²) in [5.74, 6) is -3.24. The van der Waals surface area contributed by atoms with Crippen molar-refractivity contribution in [2.75, 3.05) is 19.5 Å². The lowest BCUT2D eigenvalue weighted by molar-refractivity contribution is 0.0595. The molecule has 0 saturated heterocycles. The lowest BCUT2D eigenvalue weighted by Gasteiger charge is -2.10. The summed E-state index contributed by atoms with van der Waals surface area (Å²) in [6, 6.07) is 7.58. The van der Waals surface area contributed by atoms with Crippen LogP contribution in [0.15, 0.2) is 36.4 Å². The highest BCUT2D eigenvalue weighted by Crippen LogP contribution is 2.21. The Kier molecular flexibility index (Phi) is 4.90. The van der Waals surface area contributed by atoms with E-state index in [0.717, 1.165) is 13.2 Å². The fraction of sp³-hybridized carbons (Fsp3) is 0.125. The molecule has 0 spiro atoms. The highest BCUT2D eigenvalue weighted by molar-refractivity contribution is 6.05. The number of benzene rings is 2. The molecule has 0 aliphatic carbocycles. The van der Waals surface area contributed by atoms with Crippen LogP contribution in [0.2, 0.25) is 0 Å². The molecule has 1 N–H and O–H groups in total. The molecule has 0 bridgehead atoms. The highest BCUT2D eigenvalue weighted by Gasteiger charge is 2.18. The predicted octanol–water partition coefficient (Wildman–Crippen LogP) is 3.01. The number of esters is 1. The molecule has 0 heterocycles. The van der Waals surface area contributed by atoms with Crippen molar-refractivity contribution >= 4 is 17.6 Å². The molecule has 5 nitrogen and oxygen atoms in total. The van der Waals surface area contributed by atoms with Crippen LogP contribution in [-0.2, 0) is 4.74 Å².